The van der Waals surface area contributed by atoms with E-state index < -0.39 is 5.92 Å². The van der Waals surface area contributed by atoms with Crippen LogP contribution in [-0.4, -0.2) is 16.1 Å². The first-order chi connectivity index (χ1) is 12.0. The zero-order chi connectivity index (χ0) is 17.8. The molecule has 1 N–H and O–H groups in total. The van der Waals surface area contributed by atoms with Crippen LogP contribution in [0.25, 0.3) is 11.3 Å². The first kappa shape index (κ1) is 17.0. The molecule has 1 heterocycles. The standard InChI is InChI=1S/C19H15ClFN3O/c1-12(13-5-4-6-14(20)11-13)19(25)22-18-10-9-17(23-24-18)15-7-2-3-8-16(15)21/h2-12H,1H3,(H,22,24,25). The van der Waals surface area contributed by atoms with Gasteiger partial charge in [0.25, 0.3) is 0 Å². The van der Waals surface area contributed by atoms with Crippen molar-refractivity contribution in [3.05, 3.63) is 77.1 Å². The Morgan fingerprint density at radius 1 is 1.08 bits per heavy atom. The molecule has 0 aliphatic carbocycles. The summed E-state index contributed by atoms with van der Waals surface area (Å²) in [6.07, 6.45) is 0. The number of anilines is 1. The second-order valence-corrected chi connectivity index (χ2v) is 5.99. The van der Waals surface area contributed by atoms with Gasteiger partial charge in [0.15, 0.2) is 5.82 Å². The number of carbonyl (C=O) groups is 1. The molecular formula is C19H15ClFN3O. The van der Waals surface area contributed by atoms with E-state index in [1.165, 1.54) is 6.07 Å². The summed E-state index contributed by atoms with van der Waals surface area (Å²) in [5.74, 6) is -0.691. The predicted molar refractivity (Wildman–Crippen MR) is 95.9 cm³/mol. The second kappa shape index (κ2) is 7.40. The minimum absolute atomic E-state index is 0.227. The Kier molecular flexibility index (Phi) is 5.05. The molecule has 126 valence electrons. The first-order valence-electron chi connectivity index (χ1n) is 7.69. The highest BCUT2D eigenvalue weighted by Crippen LogP contribution is 2.22. The van der Waals surface area contributed by atoms with Crippen molar-refractivity contribution in [2.75, 3.05) is 5.32 Å². The summed E-state index contributed by atoms with van der Waals surface area (Å²) in [7, 11) is 0. The Labute approximate surface area is 149 Å². The van der Waals surface area contributed by atoms with Gasteiger partial charge in [-0.15, -0.1) is 10.2 Å². The summed E-state index contributed by atoms with van der Waals surface area (Å²) in [6.45, 7) is 1.78. The van der Waals surface area contributed by atoms with Gasteiger partial charge in [-0.1, -0.05) is 35.9 Å². The first-order valence-corrected chi connectivity index (χ1v) is 8.07. The van der Waals surface area contributed by atoms with Crippen molar-refractivity contribution in [1.82, 2.24) is 10.2 Å². The molecule has 3 aromatic rings. The van der Waals surface area contributed by atoms with Crippen molar-refractivity contribution >= 4 is 23.3 Å². The summed E-state index contributed by atoms with van der Waals surface area (Å²) in [6, 6.07) is 16.7. The molecule has 2 aromatic carbocycles. The highest BCUT2D eigenvalue weighted by Gasteiger charge is 2.16. The van der Waals surface area contributed by atoms with E-state index >= 15 is 0 Å². The van der Waals surface area contributed by atoms with Crippen molar-refractivity contribution in [3.63, 3.8) is 0 Å². The molecule has 0 fully saturated rings. The number of nitrogens with zero attached hydrogens (tertiary/aromatic N) is 2. The summed E-state index contributed by atoms with van der Waals surface area (Å²) in [5, 5.41) is 11.2. The third kappa shape index (κ3) is 4.00. The van der Waals surface area contributed by atoms with Gasteiger partial charge >= 0.3 is 0 Å². The molecule has 25 heavy (non-hydrogen) atoms. The van der Waals surface area contributed by atoms with Gasteiger partial charge in [-0.05, 0) is 48.9 Å². The molecule has 4 nitrogen and oxygen atoms in total. The van der Waals surface area contributed by atoms with Gasteiger partial charge in [-0.25, -0.2) is 4.39 Å². The number of benzene rings is 2. The molecule has 0 bridgehead atoms. The van der Waals surface area contributed by atoms with Crippen LogP contribution in [0.3, 0.4) is 0 Å². The number of nitrogens with one attached hydrogen (secondary N) is 1. The van der Waals surface area contributed by atoms with Gasteiger partial charge in [0.1, 0.15) is 5.82 Å². The highest BCUT2D eigenvalue weighted by molar-refractivity contribution is 6.30. The number of amides is 1. The molecule has 0 radical (unpaired) electrons. The predicted octanol–water partition coefficient (Wildman–Crippen LogP) is 4.68. The Hall–Kier alpha value is -2.79. The lowest BCUT2D eigenvalue weighted by molar-refractivity contribution is -0.117. The highest BCUT2D eigenvalue weighted by atomic mass is 35.5. The van der Waals surface area contributed by atoms with E-state index in [1.807, 2.05) is 6.07 Å². The van der Waals surface area contributed by atoms with Gasteiger partial charge in [0.2, 0.25) is 5.91 Å². The van der Waals surface area contributed by atoms with Crippen LogP contribution in [0.15, 0.2) is 60.7 Å². The van der Waals surface area contributed by atoms with E-state index in [1.54, 1.807) is 55.5 Å². The number of carbonyl (C=O) groups excluding carboxylic acids is 1. The van der Waals surface area contributed by atoms with Gasteiger partial charge in [0, 0.05) is 10.6 Å². The molecule has 3 rings (SSSR count). The van der Waals surface area contributed by atoms with E-state index in [-0.39, 0.29) is 11.7 Å². The molecule has 1 atom stereocenters. The minimum atomic E-state index is -0.397. The van der Waals surface area contributed by atoms with Crippen LogP contribution in [-0.2, 0) is 4.79 Å². The van der Waals surface area contributed by atoms with E-state index in [0.717, 1.165) is 5.56 Å². The van der Waals surface area contributed by atoms with Crippen LogP contribution in [0.5, 0.6) is 0 Å². The zero-order valence-electron chi connectivity index (χ0n) is 13.4. The van der Waals surface area contributed by atoms with Gasteiger partial charge in [0.05, 0.1) is 11.6 Å². The molecule has 0 spiro atoms. The van der Waals surface area contributed by atoms with Crippen LogP contribution >= 0.6 is 11.6 Å². The SMILES string of the molecule is CC(C(=O)Nc1ccc(-c2ccccc2F)nn1)c1cccc(Cl)c1. The quantitative estimate of drug-likeness (QED) is 0.739. The maximum Gasteiger partial charge on any atom is 0.232 e. The van der Waals surface area contributed by atoms with E-state index in [2.05, 4.69) is 15.5 Å². The van der Waals surface area contributed by atoms with Crippen LogP contribution in [0.1, 0.15) is 18.4 Å². The lowest BCUT2D eigenvalue weighted by Gasteiger charge is -2.12. The smallest absolute Gasteiger partial charge is 0.232 e. The Bertz CT molecular complexity index is 899. The molecule has 0 saturated heterocycles. The number of aromatic nitrogens is 2. The summed E-state index contributed by atoms with van der Waals surface area (Å²) in [4.78, 5) is 12.4. The van der Waals surface area contributed by atoms with E-state index in [0.29, 0.717) is 22.1 Å². The van der Waals surface area contributed by atoms with Gasteiger partial charge in [-0.3, -0.25) is 4.79 Å². The maximum absolute atomic E-state index is 13.8. The van der Waals surface area contributed by atoms with Crippen LogP contribution in [0, 0.1) is 5.82 Å². The summed E-state index contributed by atoms with van der Waals surface area (Å²) < 4.78 is 13.8. The van der Waals surface area contributed by atoms with Crippen molar-refractivity contribution in [2.45, 2.75) is 12.8 Å². The summed E-state index contributed by atoms with van der Waals surface area (Å²) in [5.41, 5.74) is 1.57. The fourth-order valence-electron chi connectivity index (χ4n) is 2.37. The minimum Gasteiger partial charge on any atom is -0.309 e. The Balaban J connectivity index is 1.73. The monoisotopic (exact) mass is 355 g/mol. The molecular weight excluding hydrogens is 341 g/mol. The van der Waals surface area contributed by atoms with Crippen LogP contribution < -0.4 is 5.32 Å². The zero-order valence-corrected chi connectivity index (χ0v) is 14.2. The molecule has 0 aliphatic rings. The third-order valence-corrected chi connectivity index (χ3v) is 4.04. The Morgan fingerprint density at radius 3 is 2.56 bits per heavy atom. The number of halogens is 2. The van der Waals surface area contributed by atoms with Crippen molar-refractivity contribution in [3.8, 4) is 11.3 Å². The largest absolute Gasteiger partial charge is 0.309 e. The Morgan fingerprint density at radius 2 is 1.88 bits per heavy atom. The lowest BCUT2D eigenvalue weighted by atomic mass is 10.0. The van der Waals surface area contributed by atoms with Crippen LogP contribution in [0.2, 0.25) is 5.02 Å². The van der Waals surface area contributed by atoms with Crippen molar-refractivity contribution in [2.24, 2.45) is 0 Å². The molecule has 0 saturated carbocycles. The number of hydrogen-bond acceptors (Lipinski definition) is 3. The maximum atomic E-state index is 13.8. The topological polar surface area (TPSA) is 54.9 Å². The molecule has 6 heteroatoms. The van der Waals surface area contributed by atoms with Crippen molar-refractivity contribution < 1.29 is 9.18 Å². The molecule has 1 aromatic heterocycles. The van der Waals surface area contributed by atoms with Crippen molar-refractivity contribution in [1.29, 1.82) is 0 Å². The normalized spacial score (nSPS) is 11.8. The average molecular weight is 356 g/mol. The van der Waals surface area contributed by atoms with Crippen LogP contribution in [0.4, 0.5) is 10.2 Å². The molecule has 1 unspecified atom stereocenters. The third-order valence-electron chi connectivity index (χ3n) is 3.81. The van der Waals surface area contributed by atoms with Gasteiger partial charge in [-0.2, -0.15) is 0 Å². The van der Waals surface area contributed by atoms with E-state index in [4.69, 9.17) is 11.6 Å². The fraction of sp³-hybridized carbons (Fsp3) is 0.105. The number of hydrogen-bond donors (Lipinski definition) is 1. The van der Waals surface area contributed by atoms with Gasteiger partial charge < -0.3 is 5.32 Å². The summed E-state index contributed by atoms with van der Waals surface area (Å²) >= 11 is 5.96. The average Bonchev–Trinajstić information content (AvgIpc) is 2.62. The molecule has 1 amide bonds. The lowest BCUT2D eigenvalue weighted by Crippen LogP contribution is -2.19. The number of rotatable bonds is 4. The fourth-order valence-corrected chi connectivity index (χ4v) is 2.57. The van der Waals surface area contributed by atoms with E-state index in [9.17, 15) is 9.18 Å². The molecule has 0 aliphatic heterocycles. The second-order valence-electron chi connectivity index (χ2n) is 5.55.